The lowest BCUT2D eigenvalue weighted by molar-refractivity contribution is 0.0498. The van der Waals surface area contributed by atoms with E-state index in [-0.39, 0.29) is 5.97 Å². The Morgan fingerprint density at radius 2 is 1.72 bits per heavy atom. The SMILES string of the molecule is CCCCCCOC(=O)c1ccc2nc(-c3ccc(N=Nc4ccc(N(C)C)cc4)cc3F)sc2c1. The van der Waals surface area contributed by atoms with E-state index in [1.54, 1.807) is 30.3 Å². The molecule has 0 atom stereocenters. The molecule has 0 aliphatic rings. The van der Waals surface area contributed by atoms with Crippen molar-refractivity contribution in [2.45, 2.75) is 32.6 Å². The third kappa shape index (κ3) is 6.31. The lowest BCUT2D eigenvalue weighted by Gasteiger charge is -2.11. The number of benzene rings is 3. The molecule has 0 N–H and O–H groups in total. The summed E-state index contributed by atoms with van der Waals surface area (Å²) in [6.45, 7) is 2.56. The first kappa shape index (κ1) is 25.4. The Hall–Kier alpha value is -3.65. The molecule has 6 nitrogen and oxygen atoms in total. The van der Waals surface area contributed by atoms with Crippen LogP contribution in [0.4, 0.5) is 21.5 Å². The van der Waals surface area contributed by atoms with Gasteiger partial charge in [0, 0.05) is 31.4 Å². The van der Waals surface area contributed by atoms with E-state index in [1.165, 1.54) is 17.4 Å². The smallest absolute Gasteiger partial charge is 0.338 e. The molecule has 0 spiro atoms. The first-order chi connectivity index (χ1) is 17.4. The second-order valence-corrected chi connectivity index (χ2v) is 9.70. The summed E-state index contributed by atoms with van der Waals surface area (Å²) in [6.07, 6.45) is 4.19. The van der Waals surface area contributed by atoms with Gasteiger partial charge in [-0.3, -0.25) is 0 Å². The summed E-state index contributed by atoms with van der Waals surface area (Å²) in [5.74, 6) is -0.777. The second-order valence-electron chi connectivity index (χ2n) is 8.67. The molecule has 0 fully saturated rings. The molecule has 0 saturated carbocycles. The van der Waals surface area contributed by atoms with Crippen molar-refractivity contribution < 1.29 is 13.9 Å². The van der Waals surface area contributed by atoms with Gasteiger partial charge in [-0.25, -0.2) is 14.2 Å². The zero-order chi connectivity index (χ0) is 25.5. The van der Waals surface area contributed by atoms with Crippen LogP contribution in [-0.4, -0.2) is 31.7 Å². The van der Waals surface area contributed by atoms with Crippen molar-refractivity contribution >= 4 is 44.6 Å². The third-order valence-electron chi connectivity index (χ3n) is 5.69. The van der Waals surface area contributed by atoms with Crippen LogP contribution in [0.3, 0.4) is 0 Å². The number of rotatable bonds is 10. The normalized spacial score (nSPS) is 11.3. The largest absolute Gasteiger partial charge is 0.462 e. The zero-order valence-corrected chi connectivity index (χ0v) is 21.5. The first-order valence-electron chi connectivity index (χ1n) is 12.0. The summed E-state index contributed by atoms with van der Waals surface area (Å²) in [7, 11) is 3.94. The molecule has 0 unspecified atom stereocenters. The van der Waals surface area contributed by atoms with Gasteiger partial charge in [0.25, 0.3) is 0 Å². The Kier molecular flexibility index (Phi) is 8.38. The molecule has 36 heavy (non-hydrogen) atoms. The van der Waals surface area contributed by atoms with Crippen LogP contribution in [0.1, 0.15) is 43.0 Å². The number of carbonyl (C=O) groups excluding carboxylic acids is 1. The Bertz CT molecular complexity index is 1370. The number of ether oxygens (including phenoxy) is 1. The molecule has 0 aliphatic heterocycles. The molecule has 1 aromatic heterocycles. The molecule has 0 amide bonds. The Balaban J connectivity index is 1.46. The summed E-state index contributed by atoms with van der Waals surface area (Å²) in [5.41, 5.74) is 3.73. The molecule has 0 radical (unpaired) electrons. The molecule has 0 saturated heterocycles. The van der Waals surface area contributed by atoms with Crippen molar-refractivity contribution in [1.29, 1.82) is 0 Å². The van der Waals surface area contributed by atoms with Crippen molar-refractivity contribution in [2.75, 3.05) is 25.6 Å². The second kappa shape index (κ2) is 11.9. The molecule has 1 heterocycles. The number of halogens is 1. The van der Waals surface area contributed by atoms with Gasteiger partial charge in [0.1, 0.15) is 10.8 Å². The van der Waals surface area contributed by atoms with Gasteiger partial charge >= 0.3 is 5.97 Å². The highest BCUT2D eigenvalue weighted by atomic mass is 32.1. The van der Waals surface area contributed by atoms with Crippen LogP contribution in [0.25, 0.3) is 20.8 Å². The van der Waals surface area contributed by atoms with Crippen LogP contribution >= 0.6 is 11.3 Å². The molecule has 186 valence electrons. The molecule has 0 aliphatic carbocycles. The summed E-state index contributed by atoms with van der Waals surface area (Å²) < 4.78 is 21.1. The molecule has 8 heteroatoms. The van der Waals surface area contributed by atoms with Crippen LogP contribution in [0.5, 0.6) is 0 Å². The fourth-order valence-corrected chi connectivity index (χ4v) is 4.65. The average Bonchev–Trinajstić information content (AvgIpc) is 3.30. The molecule has 3 aromatic carbocycles. The molecular weight excluding hydrogens is 475 g/mol. The molecule has 0 bridgehead atoms. The summed E-state index contributed by atoms with van der Waals surface area (Å²) in [6, 6.07) is 17.6. The number of azo groups is 1. The van der Waals surface area contributed by atoms with Crippen molar-refractivity contribution in [2.24, 2.45) is 10.2 Å². The van der Waals surface area contributed by atoms with Crippen LogP contribution in [-0.2, 0) is 4.74 Å². The highest BCUT2D eigenvalue weighted by Crippen LogP contribution is 2.34. The fraction of sp³-hybridized carbons (Fsp3) is 0.286. The highest BCUT2D eigenvalue weighted by molar-refractivity contribution is 7.21. The van der Waals surface area contributed by atoms with Crippen molar-refractivity contribution in [3.05, 3.63) is 72.0 Å². The topological polar surface area (TPSA) is 67.1 Å². The number of unbranched alkanes of at least 4 members (excludes halogenated alkanes) is 3. The summed E-state index contributed by atoms with van der Waals surface area (Å²) in [5, 5.41) is 8.90. The van der Waals surface area contributed by atoms with Gasteiger partial charge in [-0.15, -0.1) is 11.3 Å². The van der Waals surface area contributed by atoms with E-state index in [4.69, 9.17) is 4.74 Å². The number of thiazole rings is 1. The van der Waals surface area contributed by atoms with Crippen molar-refractivity contribution in [3.63, 3.8) is 0 Å². The van der Waals surface area contributed by atoms with Crippen LogP contribution in [0, 0.1) is 5.82 Å². The lowest BCUT2D eigenvalue weighted by atomic mass is 10.2. The van der Waals surface area contributed by atoms with Gasteiger partial charge < -0.3 is 9.64 Å². The van der Waals surface area contributed by atoms with Gasteiger partial charge in [0.05, 0.1) is 33.8 Å². The predicted molar refractivity (Wildman–Crippen MR) is 144 cm³/mol. The minimum atomic E-state index is -0.430. The van der Waals surface area contributed by atoms with E-state index in [0.717, 1.165) is 36.1 Å². The van der Waals surface area contributed by atoms with Crippen molar-refractivity contribution in [3.8, 4) is 10.6 Å². The Labute approximate surface area is 214 Å². The number of nitrogens with zero attached hydrogens (tertiary/aromatic N) is 4. The molecular formula is C28H29FN4O2S. The minimum Gasteiger partial charge on any atom is -0.462 e. The zero-order valence-electron chi connectivity index (χ0n) is 20.7. The summed E-state index contributed by atoms with van der Waals surface area (Å²) in [4.78, 5) is 18.9. The standard InChI is InChI=1S/C28H29FN4O2S/c1-4-5-6-7-16-35-28(34)19-8-15-25-26(17-19)36-27(30-25)23-14-11-21(18-24(23)29)32-31-20-9-12-22(13-10-20)33(2)3/h8-15,17-18H,4-7,16H2,1-3H3. The number of hydrogen-bond acceptors (Lipinski definition) is 7. The number of carbonyl (C=O) groups is 1. The fourth-order valence-electron chi connectivity index (χ4n) is 3.62. The van der Waals surface area contributed by atoms with Gasteiger partial charge in [-0.2, -0.15) is 10.2 Å². The monoisotopic (exact) mass is 504 g/mol. The van der Waals surface area contributed by atoms with E-state index in [1.807, 2.05) is 43.3 Å². The van der Waals surface area contributed by atoms with Gasteiger partial charge in [0.15, 0.2) is 0 Å². The Morgan fingerprint density at radius 3 is 2.44 bits per heavy atom. The molecule has 4 rings (SSSR count). The maximum absolute atomic E-state index is 15.0. The van der Waals surface area contributed by atoms with E-state index >= 15 is 0 Å². The van der Waals surface area contributed by atoms with E-state index in [9.17, 15) is 9.18 Å². The van der Waals surface area contributed by atoms with E-state index in [0.29, 0.717) is 39.6 Å². The lowest BCUT2D eigenvalue weighted by Crippen LogP contribution is -2.07. The minimum absolute atomic E-state index is 0.347. The highest BCUT2D eigenvalue weighted by Gasteiger charge is 2.14. The number of anilines is 1. The number of esters is 1. The quantitative estimate of drug-likeness (QED) is 0.124. The van der Waals surface area contributed by atoms with Crippen LogP contribution in [0.2, 0.25) is 0 Å². The first-order valence-corrected chi connectivity index (χ1v) is 12.8. The number of fused-ring (bicyclic) bond motifs is 1. The van der Waals surface area contributed by atoms with E-state index < -0.39 is 5.82 Å². The van der Waals surface area contributed by atoms with Crippen LogP contribution in [0.15, 0.2) is 70.9 Å². The van der Waals surface area contributed by atoms with E-state index in [2.05, 4.69) is 22.1 Å². The van der Waals surface area contributed by atoms with Gasteiger partial charge in [-0.1, -0.05) is 26.2 Å². The van der Waals surface area contributed by atoms with Crippen LogP contribution < -0.4 is 4.90 Å². The maximum atomic E-state index is 15.0. The van der Waals surface area contributed by atoms with Crippen molar-refractivity contribution in [1.82, 2.24) is 4.98 Å². The predicted octanol–water partition coefficient (Wildman–Crippen LogP) is 8.32. The van der Waals surface area contributed by atoms with Gasteiger partial charge in [0.2, 0.25) is 0 Å². The summed E-state index contributed by atoms with van der Waals surface area (Å²) >= 11 is 1.33. The maximum Gasteiger partial charge on any atom is 0.338 e. The third-order valence-corrected chi connectivity index (χ3v) is 6.74. The van der Waals surface area contributed by atoms with Gasteiger partial charge in [-0.05, 0) is 61.0 Å². The molecule has 4 aromatic rings. The number of aromatic nitrogens is 1. The average molecular weight is 505 g/mol. The Morgan fingerprint density at radius 1 is 0.972 bits per heavy atom. The number of hydrogen-bond donors (Lipinski definition) is 0.